The standard InChI is InChI=1S/C12H17N3O2S/c1-17-8-2-7-13-12(18)15-14-9-10-3-5-11(16)6-4-10/h3-6,9,16H,2,7-8H2,1H3,(H2,13,15,18). The number of hydrogen-bond donors (Lipinski definition) is 3. The Labute approximate surface area is 112 Å². The first kappa shape index (κ1) is 14.4. The second-order valence-corrected chi connectivity index (χ2v) is 3.97. The van der Waals surface area contributed by atoms with Gasteiger partial charge in [0, 0.05) is 20.3 Å². The van der Waals surface area contributed by atoms with Crippen molar-refractivity contribution in [3.05, 3.63) is 29.8 Å². The Hall–Kier alpha value is -1.66. The molecule has 18 heavy (non-hydrogen) atoms. The number of aromatic hydroxyl groups is 1. The minimum atomic E-state index is 0.232. The maximum absolute atomic E-state index is 9.11. The highest BCUT2D eigenvalue weighted by molar-refractivity contribution is 7.80. The lowest BCUT2D eigenvalue weighted by atomic mass is 10.2. The van der Waals surface area contributed by atoms with E-state index in [1.807, 2.05) is 0 Å². The molecule has 0 aromatic heterocycles. The van der Waals surface area contributed by atoms with Crippen LogP contribution in [0.3, 0.4) is 0 Å². The Bertz CT molecular complexity index is 393. The first-order valence-electron chi connectivity index (χ1n) is 5.57. The lowest BCUT2D eigenvalue weighted by molar-refractivity contribution is 0.195. The molecule has 6 heteroatoms. The van der Waals surface area contributed by atoms with Gasteiger partial charge in [-0.2, -0.15) is 5.10 Å². The highest BCUT2D eigenvalue weighted by Gasteiger charge is 1.92. The molecule has 0 aliphatic rings. The molecule has 0 atom stereocenters. The van der Waals surface area contributed by atoms with Crippen LogP contribution in [0.2, 0.25) is 0 Å². The highest BCUT2D eigenvalue weighted by Crippen LogP contribution is 2.07. The maximum atomic E-state index is 9.11. The van der Waals surface area contributed by atoms with Gasteiger partial charge in [0.15, 0.2) is 5.11 Å². The zero-order valence-electron chi connectivity index (χ0n) is 10.2. The maximum Gasteiger partial charge on any atom is 0.186 e. The summed E-state index contributed by atoms with van der Waals surface area (Å²) in [5.74, 6) is 0.232. The first-order valence-corrected chi connectivity index (χ1v) is 5.98. The lowest BCUT2D eigenvalue weighted by Crippen LogP contribution is -2.33. The Morgan fingerprint density at radius 2 is 2.17 bits per heavy atom. The molecule has 3 N–H and O–H groups in total. The van der Waals surface area contributed by atoms with Crippen LogP contribution in [0.25, 0.3) is 0 Å². The average molecular weight is 267 g/mol. The van der Waals surface area contributed by atoms with E-state index in [1.165, 1.54) is 0 Å². The number of thiocarbonyl (C=S) groups is 1. The highest BCUT2D eigenvalue weighted by atomic mass is 32.1. The fourth-order valence-electron chi connectivity index (χ4n) is 1.18. The molecule has 0 aliphatic heterocycles. The zero-order valence-corrected chi connectivity index (χ0v) is 11.0. The molecule has 0 saturated heterocycles. The molecular formula is C12H17N3O2S. The van der Waals surface area contributed by atoms with Crippen molar-refractivity contribution in [2.24, 2.45) is 5.10 Å². The van der Waals surface area contributed by atoms with Crippen LogP contribution in [0.5, 0.6) is 5.75 Å². The molecule has 0 unspecified atom stereocenters. The summed E-state index contributed by atoms with van der Waals surface area (Å²) in [5.41, 5.74) is 3.59. The van der Waals surface area contributed by atoms with Crippen molar-refractivity contribution in [1.82, 2.24) is 10.7 Å². The number of methoxy groups -OCH3 is 1. The zero-order chi connectivity index (χ0) is 13.2. The van der Waals surface area contributed by atoms with Crippen LogP contribution in [-0.2, 0) is 4.74 Å². The van der Waals surface area contributed by atoms with Crippen LogP contribution in [0, 0.1) is 0 Å². The Morgan fingerprint density at radius 3 is 2.83 bits per heavy atom. The molecule has 0 bridgehead atoms. The van der Waals surface area contributed by atoms with E-state index in [-0.39, 0.29) is 5.75 Å². The summed E-state index contributed by atoms with van der Waals surface area (Å²) in [6.45, 7) is 1.45. The quantitative estimate of drug-likeness (QED) is 0.313. The van der Waals surface area contributed by atoms with Gasteiger partial charge >= 0.3 is 0 Å². The van der Waals surface area contributed by atoms with Crippen LogP contribution in [0.4, 0.5) is 0 Å². The second kappa shape index (κ2) is 8.43. The van der Waals surface area contributed by atoms with Gasteiger partial charge in [-0.15, -0.1) is 0 Å². The van der Waals surface area contributed by atoms with E-state index in [1.54, 1.807) is 37.6 Å². The van der Waals surface area contributed by atoms with E-state index < -0.39 is 0 Å². The van der Waals surface area contributed by atoms with Crippen molar-refractivity contribution < 1.29 is 9.84 Å². The minimum Gasteiger partial charge on any atom is -0.508 e. The molecule has 1 aromatic rings. The Kier molecular flexibility index (Phi) is 6.75. The van der Waals surface area contributed by atoms with Gasteiger partial charge in [0.25, 0.3) is 0 Å². The SMILES string of the molecule is COCCCNC(=S)NN=Cc1ccc(O)cc1. The molecule has 0 radical (unpaired) electrons. The summed E-state index contributed by atoms with van der Waals surface area (Å²) in [6, 6.07) is 6.72. The number of benzene rings is 1. The smallest absolute Gasteiger partial charge is 0.186 e. The van der Waals surface area contributed by atoms with E-state index in [9.17, 15) is 0 Å². The molecule has 1 rings (SSSR count). The third kappa shape index (κ3) is 6.17. The largest absolute Gasteiger partial charge is 0.508 e. The van der Waals surface area contributed by atoms with Crippen molar-refractivity contribution in [3.8, 4) is 5.75 Å². The second-order valence-electron chi connectivity index (χ2n) is 3.56. The summed E-state index contributed by atoms with van der Waals surface area (Å²) < 4.78 is 4.92. The van der Waals surface area contributed by atoms with Gasteiger partial charge in [-0.3, -0.25) is 5.43 Å². The van der Waals surface area contributed by atoms with E-state index >= 15 is 0 Å². The predicted octanol–water partition coefficient (Wildman–Crippen LogP) is 1.23. The number of phenolic OH excluding ortho intramolecular Hbond substituents is 1. The van der Waals surface area contributed by atoms with E-state index in [4.69, 9.17) is 22.1 Å². The molecule has 0 fully saturated rings. The van der Waals surface area contributed by atoms with Gasteiger partial charge in [-0.25, -0.2) is 0 Å². The molecule has 98 valence electrons. The van der Waals surface area contributed by atoms with Crippen LogP contribution in [0.1, 0.15) is 12.0 Å². The number of nitrogens with zero attached hydrogens (tertiary/aromatic N) is 1. The number of hydrogen-bond acceptors (Lipinski definition) is 4. The third-order valence-electron chi connectivity index (χ3n) is 2.08. The van der Waals surface area contributed by atoms with E-state index in [2.05, 4.69) is 15.8 Å². The van der Waals surface area contributed by atoms with Gasteiger partial charge in [0.05, 0.1) is 6.21 Å². The van der Waals surface area contributed by atoms with Gasteiger partial charge in [-0.1, -0.05) is 0 Å². The van der Waals surface area contributed by atoms with Gasteiger partial charge in [0.2, 0.25) is 0 Å². The molecule has 5 nitrogen and oxygen atoms in total. The summed E-state index contributed by atoms with van der Waals surface area (Å²) in [7, 11) is 1.67. The monoisotopic (exact) mass is 267 g/mol. The predicted molar refractivity (Wildman–Crippen MR) is 75.9 cm³/mol. The van der Waals surface area contributed by atoms with Crippen LogP contribution < -0.4 is 10.7 Å². The van der Waals surface area contributed by atoms with Crippen LogP contribution in [-0.4, -0.2) is 36.7 Å². The molecule has 0 heterocycles. The Balaban J connectivity index is 2.23. The Morgan fingerprint density at radius 1 is 1.44 bits per heavy atom. The molecule has 0 saturated carbocycles. The van der Waals surface area contributed by atoms with Crippen molar-refractivity contribution in [2.75, 3.05) is 20.3 Å². The van der Waals surface area contributed by atoms with Crippen molar-refractivity contribution >= 4 is 23.5 Å². The van der Waals surface area contributed by atoms with Crippen molar-refractivity contribution in [1.29, 1.82) is 0 Å². The molecule has 0 aliphatic carbocycles. The van der Waals surface area contributed by atoms with E-state index in [0.717, 1.165) is 18.5 Å². The minimum absolute atomic E-state index is 0.232. The molecule has 1 aromatic carbocycles. The fourth-order valence-corrected chi connectivity index (χ4v) is 1.34. The molecule has 0 amide bonds. The average Bonchev–Trinajstić information content (AvgIpc) is 2.37. The molecule has 0 spiro atoms. The van der Waals surface area contributed by atoms with Gasteiger partial charge in [0.1, 0.15) is 5.75 Å². The fraction of sp³-hybridized carbons (Fsp3) is 0.333. The number of phenols is 1. The normalized spacial score (nSPS) is 10.5. The number of hydrazone groups is 1. The number of ether oxygens (including phenoxy) is 1. The van der Waals surface area contributed by atoms with Crippen LogP contribution in [0.15, 0.2) is 29.4 Å². The molecular weight excluding hydrogens is 250 g/mol. The summed E-state index contributed by atoms with van der Waals surface area (Å²) in [6.07, 6.45) is 2.52. The topological polar surface area (TPSA) is 65.9 Å². The van der Waals surface area contributed by atoms with Crippen molar-refractivity contribution in [3.63, 3.8) is 0 Å². The van der Waals surface area contributed by atoms with Crippen LogP contribution >= 0.6 is 12.2 Å². The number of nitrogens with one attached hydrogen (secondary N) is 2. The van der Waals surface area contributed by atoms with Gasteiger partial charge < -0.3 is 15.2 Å². The van der Waals surface area contributed by atoms with Gasteiger partial charge in [-0.05, 0) is 48.5 Å². The summed E-state index contributed by atoms with van der Waals surface area (Å²) in [5, 5.41) is 16.6. The summed E-state index contributed by atoms with van der Waals surface area (Å²) in [4.78, 5) is 0. The van der Waals surface area contributed by atoms with Crippen molar-refractivity contribution in [2.45, 2.75) is 6.42 Å². The van der Waals surface area contributed by atoms with E-state index in [0.29, 0.717) is 11.7 Å². The third-order valence-corrected chi connectivity index (χ3v) is 2.32. The summed E-state index contributed by atoms with van der Waals surface area (Å²) >= 11 is 5.02. The number of rotatable bonds is 6. The first-order chi connectivity index (χ1) is 8.72. The lowest BCUT2D eigenvalue weighted by Gasteiger charge is -2.05.